The van der Waals surface area contributed by atoms with E-state index < -0.39 is 0 Å². The van der Waals surface area contributed by atoms with E-state index in [0.717, 1.165) is 19.3 Å². The molecule has 3 aromatic rings. The van der Waals surface area contributed by atoms with Crippen molar-refractivity contribution in [3.63, 3.8) is 0 Å². The molecule has 0 bridgehead atoms. The van der Waals surface area contributed by atoms with Gasteiger partial charge in [0.05, 0.1) is 0 Å². The highest BCUT2D eigenvalue weighted by molar-refractivity contribution is 6.09. The lowest BCUT2D eigenvalue weighted by Gasteiger charge is -2.26. The summed E-state index contributed by atoms with van der Waals surface area (Å²) in [5.74, 6) is 0.565. The van der Waals surface area contributed by atoms with E-state index in [9.17, 15) is 4.79 Å². The first kappa shape index (κ1) is 15.4. The third-order valence-electron chi connectivity index (χ3n) is 5.56. The molecular formula is C23H24O. The van der Waals surface area contributed by atoms with Crippen molar-refractivity contribution in [2.75, 3.05) is 0 Å². The highest BCUT2D eigenvalue weighted by Gasteiger charge is 2.28. The SMILES string of the molecule is CCCCCC1C(=O)CCc2c1ccc1c2ccc2ccccc21. The van der Waals surface area contributed by atoms with Gasteiger partial charge in [0, 0.05) is 12.3 Å². The molecule has 0 aromatic heterocycles. The number of hydrogen-bond acceptors (Lipinski definition) is 1. The summed E-state index contributed by atoms with van der Waals surface area (Å²) in [4.78, 5) is 12.5. The Bertz CT molecular complexity index is 906. The maximum Gasteiger partial charge on any atom is 0.140 e. The minimum absolute atomic E-state index is 0.121. The van der Waals surface area contributed by atoms with E-state index in [2.05, 4.69) is 55.5 Å². The Labute approximate surface area is 143 Å². The van der Waals surface area contributed by atoms with Gasteiger partial charge in [-0.05, 0) is 45.5 Å². The molecule has 0 N–H and O–H groups in total. The molecule has 122 valence electrons. The molecule has 0 spiro atoms. The number of aryl methyl sites for hydroxylation is 1. The maximum absolute atomic E-state index is 12.5. The monoisotopic (exact) mass is 316 g/mol. The molecule has 0 amide bonds. The lowest BCUT2D eigenvalue weighted by Crippen LogP contribution is -2.20. The van der Waals surface area contributed by atoms with Gasteiger partial charge in [-0.3, -0.25) is 4.79 Å². The molecule has 0 radical (unpaired) electrons. The van der Waals surface area contributed by atoms with Gasteiger partial charge in [0.25, 0.3) is 0 Å². The normalized spacial score (nSPS) is 17.4. The van der Waals surface area contributed by atoms with E-state index in [1.54, 1.807) is 0 Å². The number of unbranched alkanes of at least 4 members (excludes halogenated alkanes) is 2. The van der Waals surface area contributed by atoms with Gasteiger partial charge in [-0.1, -0.05) is 74.7 Å². The zero-order valence-electron chi connectivity index (χ0n) is 14.3. The fraction of sp³-hybridized carbons (Fsp3) is 0.348. The average molecular weight is 316 g/mol. The Morgan fingerprint density at radius 2 is 1.71 bits per heavy atom. The molecule has 1 atom stereocenters. The fourth-order valence-electron chi connectivity index (χ4n) is 4.28. The number of rotatable bonds is 4. The van der Waals surface area contributed by atoms with Gasteiger partial charge >= 0.3 is 0 Å². The minimum atomic E-state index is 0.121. The van der Waals surface area contributed by atoms with E-state index in [4.69, 9.17) is 0 Å². The number of ketones is 1. The first-order chi connectivity index (χ1) is 11.8. The molecule has 0 fully saturated rings. The lowest BCUT2D eigenvalue weighted by molar-refractivity contribution is -0.121. The molecule has 0 saturated heterocycles. The van der Waals surface area contributed by atoms with Gasteiger partial charge in [-0.2, -0.15) is 0 Å². The largest absolute Gasteiger partial charge is 0.299 e. The molecule has 24 heavy (non-hydrogen) atoms. The van der Waals surface area contributed by atoms with E-state index in [1.807, 2.05) is 0 Å². The number of benzene rings is 3. The summed E-state index contributed by atoms with van der Waals surface area (Å²) >= 11 is 0. The van der Waals surface area contributed by atoms with Crippen LogP contribution < -0.4 is 0 Å². The summed E-state index contributed by atoms with van der Waals surface area (Å²) < 4.78 is 0. The van der Waals surface area contributed by atoms with Crippen LogP contribution in [0.3, 0.4) is 0 Å². The van der Waals surface area contributed by atoms with Crippen molar-refractivity contribution in [3.8, 4) is 0 Å². The van der Waals surface area contributed by atoms with Gasteiger partial charge in [0.15, 0.2) is 0 Å². The van der Waals surface area contributed by atoms with Crippen LogP contribution in [0.25, 0.3) is 21.5 Å². The van der Waals surface area contributed by atoms with E-state index in [0.29, 0.717) is 12.2 Å². The van der Waals surface area contributed by atoms with Crippen LogP contribution in [0.2, 0.25) is 0 Å². The summed E-state index contributed by atoms with van der Waals surface area (Å²) in [5.41, 5.74) is 2.71. The zero-order valence-corrected chi connectivity index (χ0v) is 14.3. The van der Waals surface area contributed by atoms with Crippen LogP contribution in [-0.4, -0.2) is 5.78 Å². The van der Waals surface area contributed by atoms with Crippen LogP contribution in [0.15, 0.2) is 48.5 Å². The van der Waals surface area contributed by atoms with Crippen LogP contribution in [0.4, 0.5) is 0 Å². The number of carbonyl (C=O) groups is 1. The Balaban J connectivity index is 1.85. The van der Waals surface area contributed by atoms with Crippen molar-refractivity contribution in [1.29, 1.82) is 0 Å². The van der Waals surface area contributed by atoms with Crippen molar-refractivity contribution in [2.24, 2.45) is 0 Å². The fourth-order valence-corrected chi connectivity index (χ4v) is 4.28. The quantitative estimate of drug-likeness (QED) is 0.415. The number of hydrogen-bond donors (Lipinski definition) is 0. The van der Waals surface area contributed by atoms with Gasteiger partial charge < -0.3 is 0 Å². The van der Waals surface area contributed by atoms with Crippen molar-refractivity contribution in [2.45, 2.75) is 51.4 Å². The minimum Gasteiger partial charge on any atom is -0.299 e. The second kappa shape index (κ2) is 6.39. The molecule has 3 aromatic carbocycles. The van der Waals surface area contributed by atoms with Crippen LogP contribution in [-0.2, 0) is 11.2 Å². The lowest BCUT2D eigenvalue weighted by atomic mass is 9.77. The Morgan fingerprint density at radius 1 is 0.875 bits per heavy atom. The first-order valence-corrected chi connectivity index (χ1v) is 9.25. The maximum atomic E-state index is 12.5. The second-order valence-electron chi connectivity index (χ2n) is 7.03. The molecule has 1 nitrogen and oxygen atoms in total. The molecule has 1 aliphatic rings. The van der Waals surface area contributed by atoms with Crippen molar-refractivity contribution in [1.82, 2.24) is 0 Å². The van der Waals surface area contributed by atoms with Crippen molar-refractivity contribution in [3.05, 3.63) is 59.7 Å². The van der Waals surface area contributed by atoms with Crippen molar-refractivity contribution < 1.29 is 4.79 Å². The smallest absolute Gasteiger partial charge is 0.140 e. The summed E-state index contributed by atoms with van der Waals surface area (Å²) in [6.07, 6.45) is 6.19. The molecule has 0 saturated carbocycles. The molecule has 1 heteroatoms. The molecule has 0 aliphatic heterocycles. The molecule has 1 unspecified atom stereocenters. The highest BCUT2D eigenvalue weighted by atomic mass is 16.1. The van der Waals surface area contributed by atoms with Crippen LogP contribution in [0.1, 0.15) is 56.1 Å². The van der Waals surface area contributed by atoms with Gasteiger partial charge in [-0.15, -0.1) is 0 Å². The van der Waals surface area contributed by atoms with E-state index in [-0.39, 0.29) is 5.92 Å². The van der Waals surface area contributed by atoms with Gasteiger partial charge in [0.2, 0.25) is 0 Å². The summed E-state index contributed by atoms with van der Waals surface area (Å²) in [7, 11) is 0. The zero-order chi connectivity index (χ0) is 16.5. The van der Waals surface area contributed by atoms with E-state index in [1.165, 1.54) is 45.5 Å². The average Bonchev–Trinajstić information content (AvgIpc) is 2.63. The topological polar surface area (TPSA) is 17.1 Å². The Morgan fingerprint density at radius 3 is 2.58 bits per heavy atom. The van der Waals surface area contributed by atoms with Crippen LogP contribution in [0, 0.1) is 0 Å². The predicted octanol–water partition coefficient (Wildman–Crippen LogP) is 6.17. The number of fused-ring (bicyclic) bond motifs is 5. The second-order valence-corrected chi connectivity index (χ2v) is 7.03. The Kier molecular flexibility index (Phi) is 4.10. The van der Waals surface area contributed by atoms with Gasteiger partial charge in [-0.25, -0.2) is 0 Å². The number of Topliss-reactive ketones (excluding diaryl/α,β-unsaturated/α-hetero) is 1. The third kappa shape index (κ3) is 2.53. The standard InChI is InChI=1S/C23H24O/c1-2-3-4-9-22-21-13-12-18-17-8-6-5-7-16(17)10-11-19(18)20(21)14-15-23(22)24/h5-8,10-13,22H,2-4,9,14-15H2,1H3. The molecule has 4 rings (SSSR count). The first-order valence-electron chi connectivity index (χ1n) is 9.25. The highest BCUT2D eigenvalue weighted by Crippen LogP contribution is 2.38. The van der Waals surface area contributed by atoms with Crippen LogP contribution >= 0.6 is 0 Å². The third-order valence-corrected chi connectivity index (χ3v) is 5.56. The molecule has 1 aliphatic carbocycles. The summed E-state index contributed by atoms with van der Waals surface area (Å²) in [6.45, 7) is 2.22. The predicted molar refractivity (Wildman–Crippen MR) is 102 cm³/mol. The Hall–Kier alpha value is -2.15. The summed E-state index contributed by atoms with van der Waals surface area (Å²) in [6, 6.07) is 17.5. The molecular weight excluding hydrogens is 292 g/mol. The van der Waals surface area contributed by atoms with E-state index >= 15 is 0 Å². The molecule has 0 heterocycles. The van der Waals surface area contributed by atoms with Crippen molar-refractivity contribution >= 4 is 27.3 Å². The number of carbonyl (C=O) groups excluding carboxylic acids is 1. The van der Waals surface area contributed by atoms with Crippen LogP contribution in [0.5, 0.6) is 0 Å². The summed E-state index contributed by atoms with van der Waals surface area (Å²) in [5, 5.41) is 5.28. The van der Waals surface area contributed by atoms with Gasteiger partial charge in [0.1, 0.15) is 5.78 Å².